The first-order valence-corrected chi connectivity index (χ1v) is 9.37. The van der Waals surface area contributed by atoms with E-state index in [1.54, 1.807) is 22.5 Å². The van der Waals surface area contributed by atoms with Crippen molar-refractivity contribution in [2.75, 3.05) is 27.2 Å². The molecular weight excluding hydrogens is 408 g/mol. The van der Waals surface area contributed by atoms with Crippen LogP contribution in [-0.2, 0) is 10.0 Å². The molecule has 1 heterocycles. The van der Waals surface area contributed by atoms with Crippen LogP contribution >= 0.6 is 31.9 Å². The lowest BCUT2D eigenvalue weighted by molar-refractivity contribution is 0.263. The Morgan fingerprint density at radius 3 is 2.40 bits per heavy atom. The van der Waals surface area contributed by atoms with E-state index in [0.29, 0.717) is 28.4 Å². The van der Waals surface area contributed by atoms with Gasteiger partial charge in [0.05, 0.1) is 4.90 Å². The van der Waals surface area contributed by atoms with Crippen LogP contribution in [0.1, 0.15) is 6.92 Å². The van der Waals surface area contributed by atoms with Gasteiger partial charge in [-0.25, -0.2) is 8.42 Å². The summed E-state index contributed by atoms with van der Waals surface area (Å²) in [5.74, 6) is 0.328. The van der Waals surface area contributed by atoms with Crippen molar-refractivity contribution in [3.8, 4) is 0 Å². The molecule has 20 heavy (non-hydrogen) atoms. The second-order valence-electron chi connectivity index (χ2n) is 5.41. The molecule has 1 aliphatic rings. The Morgan fingerprint density at radius 2 is 1.90 bits per heavy atom. The fourth-order valence-corrected chi connectivity index (χ4v) is 5.86. The van der Waals surface area contributed by atoms with Gasteiger partial charge in [0.25, 0.3) is 0 Å². The Hall–Kier alpha value is 0.0500. The van der Waals surface area contributed by atoms with Crippen LogP contribution in [0.15, 0.2) is 32.0 Å². The minimum atomic E-state index is -3.45. The van der Waals surface area contributed by atoms with Crippen molar-refractivity contribution in [3.63, 3.8) is 0 Å². The fourth-order valence-electron chi connectivity index (χ4n) is 2.60. The third-order valence-corrected chi connectivity index (χ3v) is 7.02. The Kier molecular flexibility index (Phi) is 4.96. The highest BCUT2D eigenvalue weighted by Gasteiger charge is 2.38. The van der Waals surface area contributed by atoms with Crippen molar-refractivity contribution in [1.82, 2.24) is 9.21 Å². The van der Waals surface area contributed by atoms with Crippen molar-refractivity contribution in [2.24, 2.45) is 5.92 Å². The van der Waals surface area contributed by atoms with Crippen LogP contribution in [0.5, 0.6) is 0 Å². The van der Waals surface area contributed by atoms with E-state index in [2.05, 4.69) is 43.7 Å². The standard InChI is InChI=1S/C13H18Br2N2O2S/c1-9-7-17(8-12(9)16(2)3)20(18,19)13-5-4-10(14)6-11(13)15/h4-6,9,12H,7-8H2,1-3H3. The number of nitrogens with zero attached hydrogens (tertiary/aromatic N) is 2. The summed E-state index contributed by atoms with van der Waals surface area (Å²) in [5, 5.41) is 0. The van der Waals surface area contributed by atoms with E-state index in [-0.39, 0.29) is 6.04 Å². The molecular formula is C13H18Br2N2O2S. The third kappa shape index (κ3) is 3.11. The van der Waals surface area contributed by atoms with Gasteiger partial charge in [-0.05, 0) is 54.1 Å². The Bertz CT molecular complexity index is 604. The third-order valence-electron chi connectivity index (χ3n) is 3.71. The van der Waals surface area contributed by atoms with Gasteiger partial charge < -0.3 is 4.90 Å². The SMILES string of the molecule is CC1CN(S(=O)(=O)c2ccc(Br)cc2Br)CC1N(C)C. The molecule has 2 unspecified atom stereocenters. The van der Waals surface area contributed by atoms with Crippen LogP contribution < -0.4 is 0 Å². The second-order valence-corrected chi connectivity index (χ2v) is 9.08. The molecule has 2 rings (SSSR count). The van der Waals surface area contributed by atoms with Gasteiger partial charge in [0.1, 0.15) is 0 Å². The van der Waals surface area contributed by atoms with E-state index in [9.17, 15) is 8.42 Å². The summed E-state index contributed by atoms with van der Waals surface area (Å²) in [4.78, 5) is 2.42. The summed E-state index contributed by atoms with van der Waals surface area (Å²) < 4.78 is 28.5. The van der Waals surface area contributed by atoms with E-state index >= 15 is 0 Å². The van der Waals surface area contributed by atoms with E-state index in [0.717, 1.165) is 4.47 Å². The minimum absolute atomic E-state index is 0.263. The lowest BCUT2D eigenvalue weighted by Gasteiger charge is -2.22. The van der Waals surface area contributed by atoms with Gasteiger partial charge in [0.15, 0.2) is 0 Å². The molecule has 2 atom stereocenters. The lowest BCUT2D eigenvalue weighted by Crippen LogP contribution is -2.35. The summed E-state index contributed by atoms with van der Waals surface area (Å²) >= 11 is 6.68. The Morgan fingerprint density at radius 1 is 1.25 bits per heavy atom. The van der Waals surface area contributed by atoms with Crippen LogP contribution in [0.3, 0.4) is 0 Å². The van der Waals surface area contributed by atoms with E-state index in [4.69, 9.17) is 0 Å². The highest BCUT2D eigenvalue weighted by atomic mass is 79.9. The Labute approximate surface area is 137 Å². The molecule has 0 bridgehead atoms. The summed E-state index contributed by atoms with van der Waals surface area (Å²) in [6.07, 6.45) is 0. The highest BCUT2D eigenvalue weighted by molar-refractivity contribution is 9.11. The van der Waals surface area contributed by atoms with Crippen molar-refractivity contribution in [2.45, 2.75) is 17.9 Å². The molecule has 0 radical (unpaired) electrons. The summed E-state index contributed by atoms with van der Waals surface area (Å²) in [5.41, 5.74) is 0. The van der Waals surface area contributed by atoms with Gasteiger partial charge in [0, 0.05) is 28.1 Å². The first kappa shape index (κ1) is 16.4. The van der Waals surface area contributed by atoms with Gasteiger partial charge in [-0.2, -0.15) is 4.31 Å². The average molecular weight is 426 g/mol. The van der Waals surface area contributed by atoms with Crippen molar-refractivity contribution in [3.05, 3.63) is 27.1 Å². The normalized spacial score (nSPS) is 24.5. The zero-order valence-corrected chi connectivity index (χ0v) is 15.7. The van der Waals surface area contributed by atoms with Crippen LogP contribution in [0.2, 0.25) is 0 Å². The summed E-state index contributed by atoms with van der Waals surface area (Å²) in [6.45, 7) is 3.20. The topological polar surface area (TPSA) is 40.6 Å². The van der Waals surface area contributed by atoms with E-state index in [1.807, 2.05) is 14.1 Å². The summed E-state index contributed by atoms with van der Waals surface area (Å²) in [6, 6.07) is 5.41. The molecule has 0 spiro atoms. The molecule has 1 aliphatic heterocycles. The van der Waals surface area contributed by atoms with E-state index < -0.39 is 10.0 Å². The molecule has 0 N–H and O–H groups in total. The molecule has 0 aromatic heterocycles. The van der Waals surface area contributed by atoms with Gasteiger partial charge in [-0.1, -0.05) is 22.9 Å². The smallest absolute Gasteiger partial charge is 0.244 e. The first-order valence-electron chi connectivity index (χ1n) is 6.35. The van der Waals surface area contributed by atoms with Crippen LogP contribution in [0.4, 0.5) is 0 Å². The fraction of sp³-hybridized carbons (Fsp3) is 0.538. The molecule has 7 heteroatoms. The van der Waals surface area contributed by atoms with Gasteiger partial charge in [-0.3, -0.25) is 0 Å². The number of benzene rings is 1. The minimum Gasteiger partial charge on any atom is -0.305 e. The van der Waals surface area contributed by atoms with E-state index in [1.165, 1.54) is 0 Å². The first-order chi connectivity index (χ1) is 9.23. The number of rotatable bonds is 3. The maximum Gasteiger partial charge on any atom is 0.244 e. The molecule has 0 amide bonds. The number of sulfonamides is 1. The maximum absolute atomic E-state index is 12.7. The van der Waals surface area contributed by atoms with Crippen molar-refractivity contribution in [1.29, 1.82) is 0 Å². The molecule has 4 nitrogen and oxygen atoms in total. The molecule has 1 aromatic carbocycles. The van der Waals surface area contributed by atoms with Gasteiger partial charge >= 0.3 is 0 Å². The number of likely N-dealkylation sites (N-methyl/N-ethyl adjacent to an activating group) is 1. The average Bonchev–Trinajstić information content (AvgIpc) is 2.71. The largest absolute Gasteiger partial charge is 0.305 e. The second kappa shape index (κ2) is 6.04. The molecule has 1 saturated heterocycles. The number of hydrogen-bond donors (Lipinski definition) is 0. The van der Waals surface area contributed by atoms with Gasteiger partial charge in [0.2, 0.25) is 10.0 Å². The maximum atomic E-state index is 12.7. The molecule has 1 fully saturated rings. The number of hydrogen-bond acceptors (Lipinski definition) is 3. The molecule has 1 aromatic rings. The van der Waals surface area contributed by atoms with Crippen LogP contribution in [0.25, 0.3) is 0 Å². The quantitative estimate of drug-likeness (QED) is 0.747. The molecule has 112 valence electrons. The summed E-state index contributed by atoms with van der Waals surface area (Å²) in [7, 11) is 0.539. The van der Waals surface area contributed by atoms with Crippen LogP contribution in [-0.4, -0.2) is 50.8 Å². The predicted molar refractivity (Wildman–Crippen MR) is 87.2 cm³/mol. The van der Waals surface area contributed by atoms with Crippen molar-refractivity contribution >= 4 is 41.9 Å². The van der Waals surface area contributed by atoms with Crippen molar-refractivity contribution < 1.29 is 8.42 Å². The zero-order valence-electron chi connectivity index (χ0n) is 11.7. The lowest BCUT2D eigenvalue weighted by atomic mass is 10.1. The van der Waals surface area contributed by atoms with Gasteiger partial charge in [-0.15, -0.1) is 0 Å². The van der Waals surface area contributed by atoms with Crippen LogP contribution in [0, 0.1) is 5.92 Å². The predicted octanol–water partition coefficient (Wildman–Crippen LogP) is 2.78. The monoisotopic (exact) mass is 424 g/mol. The zero-order chi connectivity index (χ0) is 15.1. The highest BCUT2D eigenvalue weighted by Crippen LogP contribution is 2.31. The Balaban J connectivity index is 2.32. The molecule has 0 aliphatic carbocycles. The number of halogens is 2. The molecule has 0 saturated carbocycles.